The lowest BCUT2D eigenvalue weighted by atomic mass is 10.2. The standard InChI is InChI=1S/C11H9Cl2FN2S/c1-3-6-9(13)10(16-4-15-6)7-8(12)5(2)17-11(7)14/h4H,3H2,1-2H3. The molecule has 0 N–H and O–H groups in total. The molecular weight excluding hydrogens is 282 g/mol. The zero-order valence-electron chi connectivity index (χ0n) is 9.22. The summed E-state index contributed by atoms with van der Waals surface area (Å²) >= 11 is 13.2. The van der Waals surface area contributed by atoms with E-state index in [0.29, 0.717) is 32.7 Å². The lowest BCUT2D eigenvalue weighted by Gasteiger charge is -2.05. The van der Waals surface area contributed by atoms with E-state index in [1.165, 1.54) is 6.33 Å². The van der Waals surface area contributed by atoms with Crippen LogP contribution in [0.2, 0.25) is 10.0 Å². The van der Waals surface area contributed by atoms with Crippen molar-refractivity contribution in [1.82, 2.24) is 9.97 Å². The molecule has 2 heterocycles. The SMILES string of the molecule is CCc1ncnc(-c2c(F)sc(C)c2Cl)c1Cl. The average Bonchev–Trinajstić information content (AvgIpc) is 2.54. The molecule has 0 aliphatic carbocycles. The molecule has 0 spiro atoms. The number of aromatic nitrogens is 2. The van der Waals surface area contributed by atoms with Crippen LogP contribution in [0.5, 0.6) is 0 Å². The van der Waals surface area contributed by atoms with Gasteiger partial charge in [0, 0.05) is 4.88 Å². The number of nitrogens with zero attached hydrogens (tertiary/aromatic N) is 2. The van der Waals surface area contributed by atoms with Crippen molar-refractivity contribution in [3.8, 4) is 11.3 Å². The highest BCUT2D eigenvalue weighted by atomic mass is 35.5. The van der Waals surface area contributed by atoms with Gasteiger partial charge in [-0.25, -0.2) is 9.97 Å². The van der Waals surface area contributed by atoms with Crippen molar-refractivity contribution in [3.63, 3.8) is 0 Å². The predicted octanol–water partition coefficient (Wildman–Crippen LogP) is 4.52. The van der Waals surface area contributed by atoms with E-state index in [2.05, 4.69) is 9.97 Å². The van der Waals surface area contributed by atoms with Crippen molar-refractivity contribution in [2.24, 2.45) is 0 Å². The van der Waals surface area contributed by atoms with Crippen LogP contribution in [0.3, 0.4) is 0 Å². The quantitative estimate of drug-likeness (QED) is 0.813. The van der Waals surface area contributed by atoms with E-state index in [4.69, 9.17) is 23.2 Å². The van der Waals surface area contributed by atoms with E-state index in [-0.39, 0.29) is 10.7 Å². The normalized spacial score (nSPS) is 10.9. The van der Waals surface area contributed by atoms with Gasteiger partial charge >= 0.3 is 0 Å². The molecule has 0 atom stereocenters. The molecule has 0 saturated carbocycles. The fourth-order valence-electron chi connectivity index (χ4n) is 1.52. The third-order valence-electron chi connectivity index (χ3n) is 2.40. The summed E-state index contributed by atoms with van der Waals surface area (Å²) in [4.78, 5) is 8.79. The number of hydrogen-bond donors (Lipinski definition) is 0. The van der Waals surface area contributed by atoms with Crippen molar-refractivity contribution >= 4 is 34.5 Å². The third-order valence-corrected chi connectivity index (χ3v) is 4.28. The summed E-state index contributed by atoms with van der Waals surface area (Å²) in [6, 6.07) is 0. The molecule has 6 heteroatoms. The van der Waals surface area contributed by atoms with E-state index in [1.807, 2.05) is 6.92 Å². The van der Waals surface area contributed by atoms with Crippen LogP contribution in [0, 0.1) is 12.1 Å². The fraction of sp³-hybridized carbons (Fsp3) is 0.273. The molecule has 0 saturated heterocycles. The largest absolute Gasteiger partial charge is 0.240 e. The molecule has 17 heavy (non-hydrogen) atoms. The maximum absolute atomic E-state index is 13.8. The van der Waals surface area contributed by atoms with Gasteiger partial charge < -0.3 is 0 Å². The van der Waals surface area contributed by atoms with Crippen molar-refractivity contribution in [3.05, 3.63) is 32.1 Å². The van der Waals surface area contributed by atoms with E-state index >= 15 is 0 Å². The fourth-order valence-corrected chi connectivity index (χ4v) is 2.95. The molecule has 0 radical (unpaired) electrons. The molecule has 0 aliphatic heterocycles. The van der Waals surface area contributed by atoms with Gasteiger partial charge in [-0.15, -0.1) is 11.3 Å². The maximum Gasteiger partial charge on any atom is 0.187 e. The van der Waals surface area contributed by atoms with Crippen molar-refractivity contribution in [2.75, 3.05) is 0 Å². The Bertz CT molecular complexity index is 569. The predicted molar refractivity (Wildman–Crippen MR) is 69.4 cm³/mol. The first kappa shape index (κ1) is 12.7. The molecule has 0 aliphatic rings. The first-order valence-corrected chi connectivity index (χ1v) is 6.57. The minimum Gasteiger partial charge on any atom is -0.240 e. The minimum absolute atomic E-state index is 0.274. The summed E-state index contributed by atoms with van der Waals surface area (Å²) in [6.07, 6.45) is 2.04. The van der Waals surface area contributed by atoms with Crippen LogP contribution in [0.1, 0.15) is 17.5 Å². The Morgan fingerprint density at radius 2 is 2.00 bits per heavy atom. The Labute approximate surface area is 112 Å². The zero-order chi connectivity index (χ0) is 12.6. The molecule has 2 aromatic heterocycles. The molecule has 0 unspecified atom stereocenters. The van der Waals surface area contributed by atoms with Crippen LogP contribution in [0.4, 0.5) is 4.39 Å². The van der Waals surface area contributed by atoms with Gasteiger partial charge in [-0.3, -0.25) is 0 Å². The molecule has 0 bridgehead atoms. The number of rotatable bonds is 2. The number of hydrogen-bond acceptors (Lipinski definition) is 3. The van der Waals surface area contributed by atoms with Crippen LogP contribution >= 0.6 is 34.5 Å². The second kappa shape index (κ2) is 4.88. The lowest BCUT2D eigenvalue weighted by Crippen LogP contribution is -1.95. The van der Waals surface area contributed by atoms with E-state index in [1.54, 1.807) is 6.92 Å². The zero-order valence-corrected chi connectivity index (χ0v) is 11.5. The Morgan fingerprint density at radius 3 is 2.53 bits per heavy atom. The molecule has 2 rings (SSSR count). The van der Waals surface area contributed by atoms with Crippen LogP contribution in [0.25, 0.3) is 11.3 Å². The van der Waals surface area contributed by atoms with Gasteiger partial charge in [-0.2, -0.15) is 4.39 Å². The van der Waals surface area contributed by atoms with Crippen LogP contribution in [-0.2, 0) is 6.42 Å². The summed E-state index contributed by atoms with van der Waals surface area (Å²) in [7, 11) is 0. The molecule has 0 fully saturated rings. The van der Waals surface area contributed by atoms with Crippen molar-refractivity contribution in [1.29, 1.82) is 0 Å². The Kier molecular flexibility index (Phi) is 3.66. The summed E-state index contributed by atoms with van der Waals surface area (Å²) in [5.41, 5.74) is 1.33. The van der Waals surface area contributed by atoms with Gasteiger partial charge in [-0.1, -0.05) is 30.1 Å². The summed E-state index contributed by atoms with van der Waals surface area (Å²) in [5, 5.41) is 0.374. The van der Waals surface area contributed by atoms with Crippen molar-refractivity contribution < 1.29 is 4.39 Å². The van der Waals surface area contributed by atoms with Crippen LogP contribution in [-0.4, -0.2) is 9.97 Å². The molecule has 90 valence electrons. The van der Waals surface area contributed by atoms with Crippen LogP contribution in [0.15, 0.2) is 6.33 Å². The Balaban J connectivity index is 2.68. The Morgan fingerprint density at radius 1 is 1.29 bits per heavy atom. The highest BCUT2D eigenvalue weighted by Crippen LogP contribution is 2.40. The first-order chi connectivity index (χ1) is 8.06. The highest BCUT2D eigenvalue weighted by molar-refractivity contribution is 7.11. The van der Waals surface area contributed by atoms with Crippen molar-refractivity contribution in [2.45, 2.75) is 20.3 Å². The van der Waals surface area contributed by atoms with Gasteiger partial charge in [0.1, 0.15) is 6.33 Å². The number of halogens is 3. The number of aryl methyl sites for hydroxylation is 2. The topological polar surface area (TPSA) is 25.8 Å². The monoisotopic (exact) mass is 290 g/mol. The summed E-state index contributed by atoms with van der Waals surface area (Å²) in [5.74, 6) is 0. The van der Waals surface area contributed by atoms with E-state index in [9.17, 15) is 4.39 Å². The van der Waals surface area contributed by atoms with E-state index < -0.39 is 0 Å². The first-order valence-electron chi connectivity index (χ1n) is 5.00. The smallest absolute Gasteiger partial charge is 0.187 e. The molecule has 0 aromatic carbocycles. The van der Waals surface area contributed by atoms with Gasteiger partial charge in [0.15, 0.2) is 5.13 Å². The molecular formula is C11H9Cl2FN2S. The lowest BCUT2D eigenvalue weighted by molar-refractivity contribution is 0.659. The minimum atomic E-state index is -0.366. The third kappa shape index (κ3) is 2.17. The van der Waals surface area contributed by atoms with Crippen LogP contribution < -0.4 is 0 Å². The number of thiophene rings is 1. The summed E-state index contributed by atoms with van der Waals surface area (Å²) < 4.78 is 13.8. The second-order valence-electron chi connectivity index (χ2n) is 3.46. The van der Waals surface area contributed by atoms with Gasteiger partial charge in [0.25, 0.3) is 0 Å². The molecule has 0 amide bonds. The van der Waals surface area contributed by atoms with Gasteiger partial charge in [-0.05, 0) is 13.3 Å². The van der Waals surface area contributed by atoms with E-state index in [0.717, 1.165) is 11.3 Å². The second-order valence-corrected chi connectivity index (χ2v) is 5.39. The van der Waals surface area contributed by atoms with Gasteiger partial charge in [0.2, 0.25) is 0 Å². The molecule has 2 aromatic rings. The highest BCUT2D eigenvalue weighted by Gasteiger charge is 2.21. The van der Waals surface area contributed by atoms with Gasteiger partial charge in [0.05, 0.1) is 27.0 Å². The molecule has 2 nitrogen and oxygen atoms in total. The Hall–Kier alpha value is -0.710. The average molecular weight is 291 g/mol. The summed E-state index contributed by atoms with van der Waals surface area (Å²) in [6.45, 7) is 3.68. The maximum atomic E-state index is 13.8.